The summed E-state index contributed by atoms with van der Waals surface area (Å²) in [6, 6.07) is 21.5. The van der Waals surface area contributed by atoms with Crippen LogP contribution in [0.25, 0.3) is 21.6 Å². The molecule has 2 aromatic heterocycles. The zero-order valence-electron chi connectivity index (χ0n) is 19.5. The Labute approximate surface area is 214 Å². The average Bonchev–Trinajstić information content (AvgIpc) is 3.58. The molecule has 1 atom stereocenters. The minimum Gasteiger partial charge on any atom is -0.503 e. The van der Waals surface area contributed by atoms with Crippen LogP contribution in [0.1, 0.15) is 27.0 Å². The monoisotopic (exact) mass is 510 g/mol. The maximum Gasteiger partial charge on any atom is 0.296 e. The van der Waals surface area contributed by atoms with E-state index in [4.69, 9.17) is 0 Å². The van der Waals surface area contributed by atoms with E-state index in [1.165, 1.54) is 34.4 Å². The largest absolute Gasteiger partial charge is 0.503 e. The molecule has 0 bridgehead atoms. The van der Waals surface area contributed by atoms with E-state index in [-0.39, 0.29) is 11.5 Å². The Balaban J connectivity index is 1.47. The number of aryl methyl sites for hydroxylation is 1. The van der Waals surface area contributed by atoms with Gasteiger partial charge in [-0.05, 0) is 30.7 Å². The number of imidazole rings is 1. The number of benzene rings is 3. The van der Waals surface area contributed by atoms with Crippen molar-refractivity contribution in [3.8, 4) is 10.6 Å². The first-order chi connectivity index (χ1) is 17.9. The molecule has 0 aliphatic carbocycles. The highest BCUT2D eigenvalue weighted by atomic mass is 32.1. The van der Waals surface area contributed by atoms with E-state index in [0.717, 1.165) is 5.56 Å². The summed E-state index contributed by atoms with van der Waals surface area (Å²) in [5, 5.41) is 11.7. The molecule has 9 heteroatoms. The molecule has 0 spiro atoms. The summed E-state index contributed by atoms with van der Waals surface area (Å²) in [5.74, 6) is -2.27. The Morgan fingerprint density at radius 1 is 1.03 bits per heavy atom. The molecule has 0 fully saturated rings. The maximum absolute atomic E-state index is 13.9. The Morgan fingerprint density at radius 3 is 2.46 bits per heavy atom. The zero-order chi connectivity index (χ0) is 25.7. The fourth-order valence-corrected chi connectivity index (χ4v) is 5.55. The van der Waals surface area contributed by atoms with Gasteiger partial charge in [-0.2, -0.15) is 0 Å². The first-order valence-corrected chi connectivity index (χ1v) is 12.3. The summed E-state index contributed by atoms with van der Waals surface area (Å²) in [6.45, 7) is 1.73. The first kappa shape index (κ1) is 22.8. The number of rotatable bonds is 5. The number of aromatic nitrogens is 3. The van der Waals surface area contributed by atoms with Crippen molar-refractivity contribution < 1.29 is 19.1 Å². The van der Waals surface area contributed by atoms with Gasteiger partial charge >= 0.3 is 0 Å². The zero-order valence-corrected chi connectivity index (χ0v) is 20.3. The summed E-state index contributed by atoms with van der Waals surface area (Å²) < 4.78 is 13.8. The Hall–Kier alpha value is -4.63. The van der Waals surface area contributed by atoms with E-state index >= 15 is 0 Å². The molecule has 3 aromatic carbocycles. The number of halogens is 1. The molecule has 3 heterocycles. The van der Waals surface area contributed by atoms with Gasteiger partial charge in [-0.25, -0.2) is 14.4 Å². The summed E-state index contributed by atoms with van der Waals surface area (Å²) in [6.07, 6.45) is 0. The van der Waals surface area contributed by atoms with Crippen molar-refractivity contribution in [3.05, 3.63) is 112 Å². The van der Waals surface area contributed by atoms with Gasteiger partial charge in [0.15, 0.2) is 5.76 Å². The summed E-state index contributed by atoms with van der Waals surface area (Å²) >= 11 is 1.21. The Bertz CT molecular complexity index is 1710. The van der Waals surface area contributed by atoms with Crippen LogP contribution in [0.15, 0.2) is 90.2 Å². The average molecular weight is 511 g/mol. The van der Waals surface area contributed by atoms with Crippen LogP contribution in [0.3, 0.4) is 0 Å². The predicted octanol–water partition coefficient (Wildman–Crippen LogP) is 5.92. The number of carbonyl (C=O) groups is 2. The van der Waals surface area contributed by atoms with Gasteiger partial charge in [0.1, 0.15) is 10.8 Å². The number of Topliss-reactive ketones (excluding diaryl/α,β-unsaturated/α-hetero) is 1. The molecular formula is C28H19FN4O3S. The van der Waals surface area contributed by atoms with Gasteiger partial charge in [0.25, 0.3) is 5.91 Å². The van der Waals surface area contributed by atoms with Crippen molar-refractivity contribution in [1.82, 2.24) is 15.0 Å². The number of fused-ring (bicyclic) bond motifs is 1. The lowest BCUT2D eigenvalue weighted by Crippen LogP contribution is -2.32. The van der Waals surface area contributed by atoms with Crippen LogP contribution in [-0.2, 0) is 4.79 Å². The van der Waals surface area contributed by atoms with Gasteiger partial charge in [-0.15, -0.1) is 11.3 Å². The molecule has 1 aliphatic rings. The number of aromatic amines is 1. The third-order valence-corrected chi connectivity index (χ3v) is 7.46. The van der Waals surface area contributed by atoms with E-state index in [1.54, 1.807) is 31.2 Å². The first-order valence-electron chi connectivity index (χ1n) is 11.5. The number of aliphatic hydroxyl groups excluding tert-OH is 1. The second-order valence-corrected chi connectivity index (χ2v) is 9.60. The number of aliphatic hydroxyl groups is 1. The minimum atomic E-state index is -0.951. The fraction of sp³-hybridized carbons (Fsp3) is 0.0714. The SMILES string of the molecule is Cc1nc(-c2ccccc2)sc1C(=O)C1=C(O)C(=O)N(c2nc3ccc(F)cc3[nH]2)C1c1ccccc1. The number of anilines is 1. The topological polar surface area (TPSA) is 99.2 Å². The molecule has 0 saturated heterocycles. The number of ketones is 1. The van der Waals surface area contributed by atoms with Crippen LogP contribution >= 0.6 is 11.3 Å². The Kier molecular flexibility index (Phi) is 5.42. The number of hydrogen-bond donors (Lipinski definition) is 2. The third kappa shape index (κ3) is 3.80. The van der Waals surface area contributed by atoms with Gasteiger partial charge in [0, 0.05) is 5.56 Å². The number of carbonyl (C=O) groups excluding carboxylic acids is 2. The quantitative estimate of drug-likeness (QED) is 0.286. The Morgan fingerprint density at radius 2 is 1.73 bits per heavy atom. The van der Waals surface area contributed by atoms with E-state index in [2.05, 4.69) is 15.0 Å². The van der Waals surface area contributed by atoms with Crippen molar-refractivity contribution in [2.45, 2.75) is 13.0 Å². The molecule has 7 nitrogen and oxygen atoms in total. The lowest BCUT2D eigenvalue weighted by atomic mass is 9.95. The maximum atomic E-state index is 13.9. The number of H-pyrrole nitrogens is 1. The molecule has 5 aromatic rings. The van der Waals surface area contributed by atoms with Gasteiger partial charge in [-0.3, -0.25) is 14.5 Å². The van der Waals surface area contributed by atoms with Gasteiger partial charge < -0.3 is 10.1 Å². The molecule has 0 saturated carbocycles. The van der Waals surface area contributed by atoms with Crippen LogP contribution in [-0.4, -0.2) is 31.7 Å². The fourth-order valence-electron chi connectivity index (χ4n) is 4.52. The highest BCUT2D eigenvalue weighted by Gasteiger charge is 2.46. The third-order valence-electron chi connectivity index (χ3n) is 6.25. The van der Waals surface area contributed by atoms with Gasteiger partial charge in [0.05, 0.1) is 33.2 Å². The molecule has 1 unspecified atom stereocenters. The van der Waals surface area contributed by atoms with Crippen molar-refractivity contribution in [2.24, 2.45) is 0 Å². The molecule has 1 aliphatic heterocycles. The second-order valence-electron chi connectivity index (χ2n) is 8.60. The number of nitrogens with zero attached hydrogens (tertiary/aromatic N) is 3. The van der Waals surface area contributed by atoms with Gasteiger partial charge in [-0.1, -0.05) is 60.7 Å². The predicted molar refractivity (Wildman–Crippen MR) is 139 cm³/mol. The highest BCUT2D eigenvalue weighted by molar-refractivity contribution is 7.17. The minimum absolute atomic E-state index is 0.0609. The van der Waals surface area contributed by atoms with Crippen LogP contribution in [0.2, 0.25) is 0 Å². The normalized spacial score (nSPS) is 15.7. The molecule has 0 radical (unpaired) electrons. The van der Waals surface area contributed by atoms with E-state index in [9.17, 15) is 19.1 Å². The summed E-state index contributed by atoms with van der Waals surface area (Å²) in [4.78, 5) is 40.9. The summed E-state index contributed by atoms with van der Waals surface area (Å²) in [7, 11) is 0. The van der Waals surface area contributed by atoms with Crippen LogP contribution in [0.5, 0.6) is 0 Å². The molecule has 182 valence electrons. The van der Waals surface area contributed by atoms with Crippen molar-refractivity contribution >= 4 is 40.0 Å². The standard InChI is InChI=1S/C28H19FN4O3S/c1-15-25(37-26(30-15)17-10-6-3-7-11-17)23(34)21-22(16-8-4-2-5-9-16)33(27(36)24(21)35)28-31-19-13-12-18(29)14-20(19)32-28/h2-14,22,35H,1H3,(H,31,32). The van der Waals surface area contributed by atoms with Crippen LogP contribution in [0, 0.1) is 12.7 Å². The molecule has 6 rings (SSSR count). The van der Waals surface area contributed by atoms with Crippen molar-refractivity contribution in [2.75, 3.05) is 4.90 Å². The number of thiazole rings is 1. The van der Waals surface area contributed by atoms with Crippen molar-refractivity contribution in [3.63, 3.8) is 0 Å². The van der Waals surface area contributed by atoms with Crippen LogP contribution in [0.4, 0.5) is 10.3 Å². The number of amides is 1. The molecular weight excluding hydrogens is 491 g/mol. The lowest BCUT2D eigenvalue weighted by Gasteiger charge is -2.24. The van der Waals surface area contributed by atoms with Crippen molar-refractivity contribution in [1.29, 1.82) is 0 Å². The smallest absolute Gasteiger partial charge is 0.296 e. The molecule has 1 amide bonds. The van der Waals surface area contributed by atoms with E-state index < -0.39 is 29.3 Å². The van der Waals surface area contributed by atoms with Crippen LogP contribution < -0.4 is 4.90 Å². The van der Waals surface area contributed by atoms with E-state index in [1.807, 2.05) is 36.4 Å². The molecule has 37 heavy (non-hydrogen) atoms. The van der Waals surface area contributed by atoms with Gasteiger partial charge in [0.2, 0.25) is 11.7 Å². The molecule has 2 N–H and O–H groups in total. The highest BCUT2D eigenvalue weighted by Crippen LogP contribution is 2.42. The number of nitrogens with one attached hydrogen (secondary N) is 1. The van der Waals surface area contributed by atoms with E-state index in [0.29, 0.717) is 32.2 Å². The number of hydrogen-bond acceptors (Lipinski definition) is 6. The summed E-state index contributed by atoms with van der Waals surface area (Å²) in [5.41, 5.74) is 2.76. The second kappa shape index (κ2) is 8.79. The lowest BCUT2D eigenvalue weighted by molar-refractivity contribution is -0.117.